The molecule has 188 valence electrons. The molecular weight excluding hydrogens is 480 g/mol. The lowest BCUT2D eigenvalue weighted by atomic mass is 9.85. The molecule has 0 radical (unpaired) electrons. The average molecular weight is 513 g/mol. The molecule has 34 heavy (non-hydrogen) atoms. The highest BCUT2D eigenvalue weighted by Gasteiger charge is 2.42. The number of carbonyl (C=O) groups excluding carboxylic acids is 4. The van der Waals surface area contributed by atoms with Gasteiger partial charge in [-0.2, -0.15) is 0 Å². The molecule has 3 atom stereocenters. The van der Waals surface area contributed by atoms with Crippen molar-refractivity contribution in [2.45, 2.75) is 58.8 Å². The normalized spacial score (nSPS) is 17.8. The van der Waals surface area contributed by atoms with Crippen LogP contribution in [0.3, 0.4) is 0 Å². The van der Waals surface area contributed by atoms with E-state index < -0.39 is 56.4 Å². The first kappa shape index (κ1) is 27.8. The van der Waals surface area contributed by atoms with Gasteiger partial charge < -0.3 is 15.5 Å². The molecule has 1 aromatic rings. The van der Waals surface area contributed by atoms with Gasteiger partial charge >= 0.3 is 0 Å². The lowest BCUT2D eigenvalue weighted by molar-refractivity contribution is -0.145. The van der Waals surface area contributed by atoms with Gasteiger partial charge in [0.15, 0.2) is 0 Å². The zero-order chi connectivity index (χ0) is 25.8. The van der Waals surface area contributed by atoms with Crippen molar-refractivity contribution in [3.8, 4) is 0 Å². The summed E-state index contributed by atoms with van der Waals surface area (Å²) in [7, 11) is -3.72. The summed E-state index contributed by atoms with van der Waals surface area (Å²) < 4.78 is 26.4. The highest BCUT2D eigenvalue weighted by Crippen LogP contribution is 2.28. The molecule has 3 N–H and O–H groups in total. The molecule has 0 fully saturated rings. The van der Waals surface area contributed by atoms with Crippen molar-refractivity contribution in [1.82, 2.24) is 20.3 Å². The molecule has 10 nitrogen and oxygen atoms in total. The summed E-state index contributed by atoms with van der Waals surface area (Å²) in [6, 6.07) is 4.33. The summed E-state index contributed by atoms with van der Waals surface area (Å²) >= 11 is 3.59. The van der Waals surface area contributed by atoms with Crippen LogP contribution in [-0.2, 0) is 42.2 Å². The summed E-state index contributed by atoms with van der Waals surface area (Å²) in [5.74, 6) is -1.67. The molecule has 0 saturated heterocycles. The number of sulfonamides is 1. The zero-order valence-corrected chi connectivity index (χ0v) is 21.6. The Morgan fingerprint density at radius 1 is 1.15 bits per heavy atom. The second-order valence-corrected chi connectivity index (χ2v) is 11.8. The molecule has 2 rings (SSSR count). The fraction of sp³-hybridized carbons (Fsp3) is 0.545. The van der Waals surface area contributed by atoms with Crippen molar-refractivity contribution >= 4 is 45.5 Å². The molecule has 0 bridgehead atoms. The lowest BCUT2D eigenvalue weighted by Gasteiger charge is -2.41. The molecule has 0 aliphatic carbocycles. The summed E-state index contributed by atoms with van der Waals surface area (Å²) in [5, 5.41) is 4.43. The number of rotatable bonds is 8. The Balaban J connectivity index is 2.35. The summed E-state index contributed by atoms with van der Waals surface area (Å²) in [6.07, 6.45) is 1.18. The molecule has 1 aromatic carbocycles. The van der Waals surface area contributed by atoms with Crippen LogP contribution in [0.2, 0.25) is 0 Å². The predicted octanol–water partition coefficient (Wildman–Crippen LogP) is -0.0189. The van der Waals surface area contributed by atoms with E-state index in [1.807, 2.05) is 24.3 Å². The maximum atomic E-state index is 13.6. The van der Waals surface area contributed by atoms with Crippen molar-refractivity contribution < 1.29 is 27.6 Å². The molecule has 1 aliphatic rings. The summed E-state index contributed by atoms with van der Waals surface area (Å²) in [6.45, 7) is 6.48. The van der Waals surface area contributed by atoms with Crippen LogP contribution in [0.1, 0.15) is 38.8 Å². The Hall–Kier alpha value is -2.44. The van der Waals surface area contributed by atoms with Crippen molar-refractivity contribution in [2.24, 2.45) is 5.41 Å². The van der Waals surface area contributed by atoms with E-state index in [1.54, 1.807) is 20.8 Å². The first-order valence-corrected chi connectivity index (χ1v) is 13.1. The van der Waals surface area contributed by atoms with Crippen LogP contribution in [0.25, 0.3) is 0 Å². The first-order valence-electron chi connectivity index (χ1n) is 10.7. The molecule has 12 heteroatoms. The molecule has 1 heterocycles. The number of hydrogen-bond acceptors (Lipinski definition) is 6. The van der Waals surface area contributed by atoms with Gasteiger partial charge in [0, 0.05) is 13.0 Å². The minimum Gasteiger partial charge on any atom is -0.346 e. The lowest BCUT2D eigenvalue weighted by Crippen LogP contribution is -2.61. The van der Waals surface area contributed by atoms with E-state index in [2.05, 4.69) is 28.0 Å². The van der Waals surface area contributed by atoms with E-state index in [9.17, 15) is 27.6 Å². The third-order valence-electron chi connectivity index (χ3n) is 5.45. The quantitative estimate of drug-likeness (QED) is 0.361. The maximum Gasteiger partial charge on any atom is 0.243 e. The smallest absolute Gasteiger partial charge is 0.243 e. The molecule has 0 saturated carbocycles. The van der Waals surface area contributed by atoms with Crippen molar-refractivity contribution in [1.29, 1.82) is 0 Å². The Bertz CT molecular complexity index is 1070. The number of hydrogen-bond donors (Lipinski definition) is 4. The standard InChI is InChI=1S/C22H32N4O6S2/c1-13(19(28)23-11-17(27)33)24-20(29)16-10-14-8-6-7-9-15(14)12-26(16)21(30)18(22(2,3)4)25-34(5,31)32/h6-9,13,16,18,25H,10-12H2,1-5H3,(H,23,28)(H,24,29)(H,27,33)/t13-,16-,18+/m0/s1. The highest BCUT2D eigenvalue weighted by atomic mass is 32.2. The second kappa shape index (κ2) is 10.9. The van der Waals surface area contributed by atoms with Crippen LogP contribution in [0.5, 0.6) is 0 Å². The maximum absolute atomic E-state index is 13.6. The molecule has 0 spiro atoms. The summed E-state index contributed by atoms with van der Waals surface area (Å²) in [5.41, 5.74) is 0.961. The molecule has 0 unspecified atom stereocenters. The van der Waals surface area contributed by atoms with Gasteiger partial charge in [-0.3, -0.25) is 19.2 Å². The van der Waals surface area contributed by atoms with E-state index in [0.717, 1.165) is 17.4 Å². The monoisotopic (exact) mass is 512 g/mol. The van der Waals surface area contributed by atoms with E-state index in [1.165, 1.54) is 11.8 Å². The van der Waals surface area contributed by atoms with E-state index in [4.69, 9.17) is 0 Å². The van der Waals surface area contributed by atoms with Crippen LogP contribution < -0.4 is 15.4 Å². The van der Waals surface area contributed by atoms with E-state index in [0.29, 0.717) is 0 Å². The highest BCUT2D eigenvalue weighted by molar-refractivity contribution is 7.96. The van der Waals surface area contributed by atoms with Gasteiger partial charge in [0.05, 0.1) is 12.8 Å². The third kappa shape index (κ3) is 7.54. The van der Waals surface area contributed by atoms with E-state index in [-0.39, 0.29) is 19.5 Å². The zero-order valence-electron chi connectivity index (χ0n) is 19.9. The van der Waals surface area contributed by atoms with Gasteiger partial charge in [-0.1, -0.05) is 45.0 Å². The molecular formula is C22H32N4O6S2. The molecule has 1 aliphatic heterocycles. The van der Waals surface area contributed by atoms with Crippen molar-refractivity contribution in [2.75, 3.05) is 12.8 Å². The van der Waals surface area contributed by atoms with Crippen molar-refractivity contribution in [3.63, 3.8) is 0 Å². The van der Waals surface area contributed by atoms with E-state index >= 15 is 0 Å². The average Bonchev–Trinajstić information content (AvgIpc) is 2.72. The summed E-state index contributed by atoms with van der Waals surface area (Å²) in [4.78, 5) is 51.4. The van der Waals surface area contributed by atoms with Crippen LogP contribution in [0.15, 0.2) is 24.3 Å². The number of nitrogens with zero attached hydrogens (tertiary/aromatic N) is 1. The Morgan fingerprint density at radius 3 is 2.26 bits per heavy atom. The SMILES string of the molecule is C[C@H](NC(=O)[C@@H]1Cc2ccccc2CN1C(=O)[C@@H](NS(C)(=O)=O)C(C)(C)C)C(=O)NCC(=O)S. The Labute approximate surface area is 205 Å². The second-order valence-electron chi connectivity index (χ2n) is 9.49. The van der Waals surface area contributed by atoms with Gasteiger partial charge in [-0.25, -0.2) is 13.1 Å². The largest absolute Gasteiger partial charge is 0.346 e. The number of thiol groups is 1. The minimum atomic E-state index is -3.72. The van der Waals surface area contributed by atoms with Gasteiger partial charge in [-0.15, -0.1) is 12.6 Å². The Morgan fingerprint density at radius 2 is 1.74 bits per heavy atom. The van der Waals surface area contributed by atoms with Gasteiger partial charge in [0.2, 0.25) is 32.9 Å². The van der Waals surface area contributed by atoms with Gasteiger partial charge in [-0.05, 0) is 23.5 Å². The number of carbonyl (C=O) groups is 4. The van der Waals surface area contributed by atoms with Crippen LogP contribution in [0.4, 0.5) is 0 Å². The van der Waals surface area contributed by atoms with Crippen molar-refractivity contribution in [3.05, 3.63) is 35.4 Å². The fourth-order valence-corrected chi connectivity index (χ4v) is 4.62. The third-order valence-corrected chi connectivity index (χ3v) is 6.27. The number of amides is 3. The minimum absolute atomic E-state index is 0.111. The first-order chi connectivity index (χ1) is 15.6. The van der Waals surface area contributed by atoms with Gasteiger partial charge in [0.25, 0.3) is 0 Å². The Kier molecular flexibility index (Phi) is 8.89. The topological polar surface area (TPSA) is 142 Å². The van der Waals surface area contributed by atoms with Crippen LogP contribution in [-0.4, -0.2) is 67.1 Å². The van der Waals surface area contributed by atoms with Gasteiger partial charge in [0.1, 0.15) is 18.1 Å². The number of nitrogens with one attached hydrogen (secondary N) is 3. The predicted molar refractivity (Wildman–Crippen MR) is 130 cm³/mol. The fourth-order valence-electron chi connectivity index (χ4n) is 3.66. The molecule has 0 aromatic heterocycles. The molecule has 3 amide bonds. The number of benzene rings is 1. The van der Waals surface area contributed by atoms with Crippen LogP contribution in [0, 0.1) is 5.41 Å². The van der Waals surface area contributed by atoms with Crippen LogP contribution >= 0.6 is 12.6 Å². The number of fused-ring (bicyclic) bond motifs is 1.